The van der Waals surface area contributed by atoms with Crippen molar-refractivity contribution in [2.45, 2.75) is 117 Å². The molecular weight excluding hydrogens is 713 g/mol. The molecule has 298 valence electrons. The smallest absolute Gasteiger partial charge is 0.266 e. The molecular formula is C32H62N12O6S2. The number of anilines is 6. The highest BCUT2D eigenvalue weighted by molar-refractivity contribution is 7.86. The third kappa shape index (κ3) is 24.0. The van der Waals surface area contributed by atoms with Gasteiger partial charge in [0.15, 0.2) is 0 Å². The van der Waals surface area contributed by atoms with Gasteiger partial charge in [-0.3, -0.25) is 9.11 Å². The van der Waals surface area contributed by atoms with E-state index in [-0.39, 0.29) is 25.0 Å². The summed E-state index contributed by atoms with van der Waals surface area (Å²) in [5.74, 6) is 1.03. The average Bonchev–Trinajstić information content (AvgIpc) is 3.07. The fraction of sp³-hybridized carbons (Fsp3) is 0.812. The SMILES string of the molecule is CCCCCCCCNc1nc(NCCCCCCNc2nc(NCCCCCCCC)nc(NCCS(=O)(=O)O)n2)nc(NCCS(=O)(=O)O)n1. The zero-order valence-corrected chi connectivity index (χ0v) is 32.6. The second kappa shape index (κ2) is 26.4. The van der Waals surface area contributed by atoms with E-state index in [1.54, 1.807) is 0 Å². The van der Waals surface area contributed by atoms with E-state index in [1.165, 1.54) is 51.4 Å². The molecule has 2 aromatic rings. The van der Waals surface area contributed by atoms with Gasteiger partial charge in [0.1, 0.15) is 0 Å². The number of aromatic nitrogens is 6. The van der Waals surface area contributed by atoms with E-state index in [0.29, 0.717) is 50.0 Å². The topological polar surface area (TPSA) is 258 Å². The summed E-state index contributed by atoms with van der Waals surface area (Å²) < 4.78 is 62.6. The normalized spacial score (nSPS) is 11.7. The zero-order valence-electron chi connectivity index (χ0n) is 31.0. The lowest BCUT2D eigenvalue weighted by Crippen LogP contribution is -2.18. The second-order valence-corrected chi connectivity index (χ2v) is 15.8. The summed E-state index contributed by atoms with van der Waals surface area (Å²) in [6, 6.07) is 0. The molecule has 2 aromatic heterocycles. The number of hydrogen-bond donors (Lipinski definition) is 8. The van der Waals surface area contributed by atoms with Crippen LogP contribution in [-0.2, 0) is 20.2 Å². The van der Waals surface area contributed by atoms with Crippen molar-refractivity contribution in [3.8, 4) is 0 Å². The molecule has 0 fully saturated rings. The molecule has 0 saturated carbocycles. The summed E-state index contributed by atoms with van der Waals surface area (Å²) >= 11 is 0. The standard InChI is InChI=1S/C32H62N12O6S2/c1-3-5-7-9-11-15-19-33-27-39-29(43-31(41-27)37-23-25-51(45,46)47)35-21-17-13-14-18-22-36-30-40-28(34-20-16-12-10-8-6-4-2)42-32(44-30)38-24-26-52(48,49)50/h3-26H2,1-2H3,(H,45,46,47)(H,48,49,50)(H3,33,35,37,39,41,43)(H3,34,36,38,40,42,44). The Labute approximate surface area is 310 Å². The highest BCUT2D eigenvalue weighted by Crippen LogP contribution is 2.13. The molecule has 0 aliphatic carbocycles. The molecule has 18 nitrogen and oxygen atoms in total. The van der Waals surface area contributed by atoms with E-state index >= 15 is 0 Å². The van der Waals surface area contributed by atoms with E-state index in [4.69, 9.17) is 9.11 Å². The van der Waals surface area contributed by atoms with Gasteiger partial charge in [0.25, 0.3) is 20.2 Å². The Morgan fingerprint density at radius 1 is 0.365 bits per heavy atom. The first kappa shape index (κ1) is 44.8. The number of nitrogens with zero attached hydrogens (tertiary/aromatic N) is 6. The molecule has 0 aromatic carbocycles. The molecule has 0 atom stereocenters. The van der Waals surface area contributed by atoms with Crippen molar-refractivity contribution in [3.63, 3.8) is 0 Å². The Bertz CT molecular complexity index is 1360. The summed E-state index contributed by atoms with van der Waals surface area (Å²) in [5, 5.41) is 18.6. The molecule has 0 saturated heterocycles. The van der Waals surface area contributed by atoms with Gasteiger partial charge in [0, 0.05) is 39.3 Å². The lowest BCUT2D eigenvalue weighted by atomic mass is 10.1. The van der Waals surface area contributed by atoms with Crippen LogP contribution in [0.5, 0.6) is 0 Å². The van der Waals surface area contributed by atoms with Crippen LogP contribution in [0.1, 0.15) is 117 Å². The maximum Gasteiger partial charge on any atom is 0.266 e. The van der Waals surface area contributed by atoms with Crippen LogP contribution in [0.15, 0.2) is 0 Å². The first-order valence-corrected chi connectivity index (χ1v) is 22.0. The van der Waals surface area contributed by atoms with E-state index < -0.39 is 31.7 Å². The van der Waals surface area contributed by atoms with E-state index in [9.17, 15) is 16.8 Å². The van der Waals surface area contributed by atoms with Crippen molar-refractivity contribution in [1.29, 1.82) is 0 Å². The van der Waals surface area contributed by atoms with Gasteiger partial charge in [-0.15, -0.1) is 0 Å². The third-order valence-corrected chi connectivity index (χ3v) is 9.29. The van der Waals surface area contributed by atoms with Crippen molar-refractivity contribution < 1.29 is 25.9 Å². The van der Waals surface area contributed by atoms with Crippen molar-refractivity contribution in [3.05, 3.63) is 0 Å². The van der Waals surface area contributed by atoms with Crippen LogP contribution in [0.2, 0.25) is 0 Å². The summed E-state index contributed by atoms with van der Waals surface area (Å²) in [6.45, 7) is 6.97. The highest BCUT2D eigenvalue weighted by Gasteiger charge is 2.11. The summed E-state index contributed by atoms with van der Waals surface area (Å²) in [4.78, 5) is 26.3. The molecule has 0 radical (unpaired) electrons. The fourth-order valence-electron chi connectivity index (χ4n) is 5.02. The van der Waals surface area contributed by atoms with Crippen LogP contribution in [-0.4, -0.2) is 107 Å². The van der Waals surface area contributed by atoms with Gasteiger partial charge in [-0.25, -0.2) is 0 Å². The number of hydrogen-bond acceptors (Lipinski definition) is 16. The minimum Gasteiger partial charge on any atom is -0.354 e. The van der Waals surface area contributed by atoms with Crippen LogP contribution in [0.4, 0.5) is 35.7 Å². The Morgan fingerprint density at radius 2 is 0.577 bits per heavy atom. The molecule has 0 aliphatic rings. The van der Waals surface area contributed by atoms with Gasteiger partial charge in [-0.2, -0.15) is 46.7 Å². The van der Waals surface area contributed by atoms with Crippen molar-refractivity contribution in [2.24, 2.45) is 0 Å². The van der Waals surface area contributed by atoms with Gasteiger partial charge in [0.05, 0.1) is 11.5 Å². The van der Waals surface area contributed by atoms with Crippen molar-refractivity contribution >= 4 is 55.9 Å². The number of rotatable bonds is 33. The van der Waals surface area contributed by atoms with Crippen LogP contribution < -0.4 is 31.9 Å². The fourth-order valence-corrected chi connectivity index (χ4v) is 5.74. The Morgan fingerprint density at radius 3 is 0.808 bits per heavy atom. The Balaban J connectivity index is 1.81. The third-order valence-electron chi connectivity index (χ3n) is 7.85. The number of nitrogens with one attached hydrogen (secondary N) is 6. The van der Waals surface area contributed by atoms with Crippen LogP contribution in [0.25, 0.3) is 0 Å². The molecule has 2 heterocycles. The molecule has 0 aliphatic heterocycles. The zero-order chi connectivity index (χ0) is 37.9. The monoisotopic (exact) mass is 774 g/mol. The quantitative estimate of drug-likeness (QED) is 0.0339. The maximum atomic E-state index is 11.1. The minimum atomic E-state index is -4.12. The van der Waals surface area contributed by atoms with Crippen molar-refractivity contribution in [1.82, 2.24) is 29.9 Å². The molecule has 0 spiro atoms. The molecule has 0 amide bonds. The minimum absolute atomic E-state index is 0.0411. The molecule has 20 heteroatoms. The van der Waals surface area contributed by atoms with E-state index in [2.05, 4.69) is 75.7 Å². The first-order valence-electron chi connectivity index (χ1n) is 18.8. The predicted octanol–water partition coefficient (Wildman–Crippen LogP) is 5.29. The van der Waals surface area contributed by atoms with Crippen LogP contribution in [0, 0.1) is 0 Å². The second-order valence-electron chi connectivity index (χ2n) is 12.7. The van der Waals surface area contributed by atoms with Gasteiger partial charge in [0.2, 0.25) is 35.7 Å². The molecule has 0 bridgehead atoms. The molecule has 2 rings (SSSR count). The van der Waals surface area contributed by atoms with Gasteiger partial charge < -0.3 is 31.9 Å². The maximum absolute atomic E-state index is 11.1. The van der Waals surface area contributed by atoms with E-state index in [1.807, 2.05) is 0 Å². The van der Waals surface area contributed by atoms with E-state index in [0.717, 1.165) is 51.4 Å². The molecule has 0 unspecified atom stereocenters. The van der Waals surface area contributed by atoms with Crippen molar-refractivity contribution in [2.75, 3.05) is 82.7 Å². The lowest BCUT2D eigenvalue weighted by Gasteiger charge is -2.12. The summed E-state index contributed by atoms with van der Waals surface area (Å²) in [5.41, 5.74) is 0. The lowest BCUT2D eigenvalue weighted by molar-refractivity contribution is 0.481. The van der Waals surface area contributed by atoms with Crippen LogP contribution in [0.3, 0.4) is 0 Å². The summed E-state index contributed by atoms with van der Waals surface area (Å²) in [7, 11) is -8.23. The van der Waals surface area contributed by atoms with Gasteiger partial charge in [-0.05, 0) is 25.7 Å². The summed E-state index contributed by atoms with van der Waals surface area (Å²) in [6.07, 6.45) is 17.5. The predicted molar refractivity (Wildman–Crippen MR) is 209 cm³/mol. The van der Waals surface area contributed by atoms with Gasteiger partial charge in [-0.1, -0.05) is 90.9 Å². The largest absolute Gasteiger partial charge is 0.354 e. The van der Waals surface area contributed by atoms with Gasteiger partial charge >= 0.3 is 0 Å². The Kier molecular flexibility index (Phi) is 22.8. The Hall–Kier alpha value is -3.36. The molecule has 8 N–H and O–H groups in total. The van der Waals surface area contributed by atoms with Crippen LogP contribution >= 0.6 is 0 Å². The average molecular weight is 775 g/mol. The number of unbranched alkanes of at least 4 members (excludes halogenated alkanes) is 13. The first-order chi connectivity index (χ1) is 25.0. The highest BCUT2D eigenvalue weighted by atomic mass is 32.2. The molecule has 52 heavy (non-hydrogen) atoms.